The highest BCUT2D eigenvalue weighted by Crippen LogP contribution is 2.32. The topological polar surface area (TPSA) is 75.5 Å². The summed E-state index contributed by atoms with van der Waals surface area (Å²) in [5, 5.41) is 0.514. The standard InChI is InChI=1S/C29H29F3N4O3S/c1-20-18-34(15-16-36(20)40(38,39)24-12-8-11-23(17-24)29(30,31)32)21(2)27-33-26-14-7-6-13-25(26)28(37)35(27)19-22-9-4-3-5-10-22/h3-14,17,20-21H,15-16,18-19H2,1-2H3. The molecule has 4 aromatic rings. The summed E-state index contributed by atoms with van der Waals surface area (Å²) < 4.78 is 69.3. The first-order chi connectivity index (χ1) is 19.0. The van der Waals surface area contributed by atoms with Crippen molar-refractivity contribution in [3.63, 3.8) is 0 Å². The molecule has 0 amide bonds. The van der Waals surface area contributed by atoms with E-state index in [0.717, 1.165) is 17.7 Å². The van der Waals surface area contributed by atoms with E-state index in [2.05, 4.69) is 4.90 Å². The lowest BCUT2D eigenvalue weighted by Crippen LogP contribution is -2.54. The number of halogens is 3. The predicted octanol–water partition coefficient (Wildman–Crippen LogP) is 4.92. The maximum Gasteiger partial charge on any atom is 0.416 e. The zero-order valence-electron chi connectivity index (χ0n) is 22.0. The van der Waals surface area contributed by atoms with Gasteiger partial charge >= 0.3 is 6.18 Å². The second-order valence-electron chi connectivity index (χ2n) is 10.0. The minimum atomic E-state index is -4.65. The van der Waals surface area contributed by atoms with Crippen molar-refractivity contribution in [2.75, 3.05) is 19.6 Å². The van der Waals surface area contributed by atoms with Crippen LogP contribution < -0.4 is 5.56 Å². The third-order valence-electron chi connectivity index (χ3n) is 7.36. The Morgan fingerprint density at radius 1 is 0.975 bits per heavy atom. The van der Waals surface area contributed by atoms with E-state index in [1.165, 1.54) is 10.4 Å². The zero-order valence-corrected chi connectivity index (χ0v) is 22.9. The van der Waals surface area contributed by atoms with Crippen LogP contribution in [-0.2, 0) is 22.7 Å². The predicted molar refractivity (Wildman–Crippen MR) is 146 cm³/mol. The van der Waals surface area contributed by atoms with Crippen LogP contribution in [0.25, 0.3) is 10.9 Å². The summed E-state index contributed by atoms with van der Waals surface area (Å²) in [6, 6.07) is 19.7. The number of nitrogens with zero attached hydrogens (tertiary/aromatic N) is 4. The van der Waals surface area contributed by atoms with Crippen LogP contribution >= 0.6 is 0 Å². The quantitative estimate of drug-likeness (QED) is 0.329. The van der Waals surface area contributed by atoms with Gasteiger partial charge in [-0.1, -0.05) is 48.5 Å². The Morgan fingerprint density at radius 2 is 1.68 bits per heavy atom. The number of fused-ring (bicyclic) bond motifs is 1. The van der Waals surface area contributed by atoms with Crippen LogP contribution in [0.2, 0.25) is 0 Å². The van der Waals surface area contributed by atoms with E-state index in [1.807, 2.05) is 43.3 Å². The number of hydrogen-bond acceptors (Lipinski definition) is 5. The third-order valence-corrected chi connectivity index (χ3v) is 9.37. The lowest BCUT2D eigenvalue weighted by atomic mass is 10.1. The molecule has 3 aromatic carbocycles. The number of aromatic nitrogens is 2. The molecule has 0 aliphatic carbocycles. The van der Waals surface area contributed by atoms with Crippen molar-refractivity contribution >= 4 is 20.9 Å². The number of sulfonamides is 1. The average Bonchev–Trinajstić information content (AvgIpc) is 2.94. The largest absolute Gasteiger partial charge is 0.416 e. The van der Waals surface area contributed by atoms with E-state index < -0.39 is 27.8 Å². The molecule has 2 atom stereocenters. The van der Waals surface area contributed by atoms with Crippen LogP contribution in [-0.4, -0.2) is 52.9 Å². The Kier molecular flexibility index (Phi) is 7.56. The van der Waals surface area contributed by atoms with E-state index in [4.69, 9.17) is 4.98 Å². The normalized spacial score (nSPS) is 18.2. The van der Waals surface area contributed by atoms with Gasteiger partial charge in [-0.25, -0.2) is 13.4 Å². The molecule has 40 heavy (non-hydrogen) atoms. The minimum Gasteiger partial charge on any atom is -0.291 e. The van der Waals surface area contributed by atoms with Gasteiger partial charge in [0.05, 0.1) is 33.9 Å². The molecule has 0 spiro atoms. The fraction of sp³-hybridized carbons (Fsp3) is 0.310. The first-order valence-electron chi connectivity index (χ1n) is 12.9. The molecular formula is C29H29F3N4O3S. The lowest BCUT2D eigenvalue weighted by Gasteiger charge is -2.41. The molecule has 1 fully saturated rings. The summed E-state index contributed by atoms with van der Waals surface area (Å²) >= 11 is 0. The maximum absolute atomic E-state index is 13.6. The molecule has 7 nitrogen and oxygen atoms in total. The van der Waals surface area contributed by atoms with Gasteiger partial charge in [-0.15, -0.1) is 0 Å². The molecule has 210 valence electrons. The van der Waals surface area contributed by atoms with E-state index >= 15 is 0 Å². The van der Waals surface area contributed by atoms with Gasteiger partial charge in [0.2, 0.25) is 10.0 Å². The molecule has 1 aliphatic rings. The van der Waals surface area contributed by atoms with Gasteiger partial charge in [0, 0.05) is 25.7 Å². The van der Waals surface area contributed by atoms with Crippen molar-refractivity contribution in [2.24, 2.45) is 0 Å². The van der Waals surface area contributed by atoms with E-state index in [1.54, 1.807) is 29.7 Å². The number of rotatable bonds is 6. The smallest absolute Gasteiger partial charge is 0.291 e. The summed E-state index contributed by atoms with van der Waals surface area (Å²) in [4.78, 5) is 20.1. The van der Waals surface area contributed by atoms with Crippen LogP contribution in [0.4, 0.5) is 13.2 Å². The van der Waals surface area contributed by atoms with Gasteiger partial charge in [0.1, 0.15) is 5.82 Å². The fourth-order valence-electron chi connectivity index (χ4n) is 5.23. The number of hydrogen-bond donors (Lipinski definition) is 0. The molecule has 0 radical (unpaired) electrons. The summed E-state index contributed by atoms with van der Waals surface area (Å²) in [7, 11) is -4.16. The van der Waals surface area contributed by atoms with E-state index in [-0.39, 0.29) is 23.0 Å². The average molecular weight is 571 g/mol. The molecule has 2 heterocycles. The third kappa shape index (κ3) is 5.41. The fourth-order valence-corrected chi connectivity index (χ4v) is 6.89. The molecule has 5 rings (SSSR count). The number of para-hydroxylation sites is 1. The summed E-state index contributed by atoms with van der Waals surface area (Å²) in [6.45, 7) is 4.71. The molecule has 0 bridgehead atoms. The number of alkyl halides is 3. The van der Waals surface area contributed by atoms with Gasteiger partial charge in [-0.05, 0) is 49.7 Å². The first kappa shape index (κ1) is 28.0. The highest BCUT2D eigenvalue weighted by atomic mass is 32.2. The molecule has 0 N–H and O–H groups in total. The van der Waals surface area contributed by atoms with Gasteiger partial charge in [-0.2, -0.15) is 17.5 Å². The Morgan fingerprint density at radius 3 is 2.38 bits per heavy atom. The molecule has 1 saturated heterocycles. The lowest BCUT2D eigenvalue weighted by molar-refractivity contribution is -0.137. The van der Waals surface area contributed by atoms with Gasteiger partial charge in [-0.3, -0.25) is 14.3 Å². The highest BCUT2D eigenvalue weighted by Gasteiger charge is 2.38. The van der Waals surface area contributed by atoms with Gasteiger partial charge in [0.25, 0.3) is 5.56 Å². The zero-order chi connectivity index (χ0) is 28.7. The van der Waals surface area contributed by atoms with Crippen molar-refractivity contribution in [1.82, 2.24) is 18.8 Å². The Bertz CT molecular complexity index is 1690. The molecule has 1 aromatic heterocycles. The van der Waals surface area contributed by atoms with Crippen LogP contribution in [0.1, 0.15) is 36.8 Å². The second kappa shape index (κ2) is 10.8. The second-order valence-corrected chi connectivity index (χ2v) is 11.9. The Labute approximate surface area is 230 Å². The van der Waals surface area contributed by atoms with Crippen LogP contribution in [0, 0.1) is 0 Å². The van der Waals surface area contributed by atoms with Gasteiger partial charge < -0.3 is 0 Å². The van der Waals surface area contributed by atoms with Crippen LogP contribution in [0.15, 0.2) is 88.6 Å². The summed E-state index contributed by atoms with van der Waals surface area (Å²) in [5.74, 6) is 0.564. The van der Waals surface area contributed by atoms with Crippen molar-refractivity contribution in [3.8, 4) is 0 Å². The maximum atomic E-state index is 13.6. The van der Waals surface area contributed by atoms with Crippen LogP contribution in [0.3, 0.4) is 0 Å². The number of piperazine rings is 1. The summed E-state index contributed by atoms with van der Waals surface area (Å²) in [6.07, 6.45) is -4.65. The van der Waals surface area contributed by atoms with Crippen molar-refractivity contribution < 1.29 is 21.6 Å². The van der Waals surface area contributed by atoms with Crippen LogP contribution in [0.5, 0.6) is 0 Å². The monoisotopic (exact) mass is 570 g/mol. The van der Waals surface area contributed by atoms with Crippen molar-refractivity contribution in [1.29, 1.82) is 0 Å². The van der Waals surface area contributed by atoms with Crippen molar-refractivity contribution in [3.05, 3.63) is 106 Å². The van der Waals surface area contributed by atoms with Crippen molar-refractivity contribution in [2.45, 2.75) is 43.5 Å². The first-order valence-corrected chi connectivity index (χ1v) is 14.4. The number of benzene rings is 3. The molecule has 0 saturated carbocycles. The Hall–Kier alpha value is -3.54. The molecular weight excluding hydrogens is 541 g/mol. The molecule has 1 aliphatic heterocycles. The highest BCUT2D eigenvalue weighted by molar-refractivity contribution is 7.89. The van der Waals surface area contributed by atoms with E-state index in [9.17, 15) is 26.4 Å². The summed E-state index contributed by atoms with van der Waals surface area (Å²) in [5.41, 5.74) is 0.361. The van der Waals surface area contributed by atoms with E-state index in [0.29, 0.717) is 42.4 Å². The molecule has 2 unspecified atom stereocenters. The van der Waals surface area contributed by atoms with Gasteiger partial charge in [0.15, 0.2) is 0 Å². The minimum absolute atomic E-state index is 0.0839. The molecule has 11 heteroatoms. The Balaban J connectivity index is 1.44. The SMILES string of the molecule is CC(c1nc2ccccc2c(=O)n1Cc1ccccc1)N1CCN(S(=O)(=O)c2cccc(C(F)(F)F)c2)C(C)C1.